The molecule has 1 aromatic heterocycles. The van der Waals surface area contributed by atoms with Crippen molar-refractivity contribution in [2.75, 3.05) is 0 Å². The summed E-state index contributed by atoms with van der Waals surface area (Å²) in [7, 11) is 0. The summed E-state index contributed by atoms with van der Waals surface area (Å²) in [5.74, 6) is 0. The number of aromatic nitrogens is 1. The van der Waals surface area contributed by atoms with Gasteiger partial charge in [-0.1, -0.05) is 84.9 Å². The number of benzene rings is 3. The Hall–Kier alpha value is -3.19. The molecule has 4 aromatic rings. The Labute approximate surface area is 148 Å². The molecule has 1 heteroatoms. The second kappa shape index (κ2) is 6.74. The highest BCUT2D eigenvalue weighted by molar-refractivity contribution is 5.85. The first kappa shape index (κ1) is 15.3. The van der Waals surface area contributed by atoms with Crippen molar-refractivity contribution < 1.29 is 0 Å². The molecule has 0 unspecified atom stereocenters. The summed E-state index contributed by atoms with van der Waals surface area (Å²) < 4.78 is 0. The topological polar surface area (TPSA) is 12.9 Å². The van der Waals surface area contributed by atoms with E-state index >= 15 is 0 Å². The molecule has 25 heavy (non-hydrogen) atoms. The Balaban J connectivity index is 1.80. The van der Waals surface area contributed by atoms with Gasteiger partial charge in [0.1, 0.15) is 0 Å². The van der Waals surface area contributed by atoms with E-state index in [4.69, 9.17) is 0 Å². The minimum absolute atomic E-state index is 0.998. The zero-order valence-electron chi connectivity index (χ0n) is 14.2. The van der Waals surface area contributed by atoms with Crippen molar-refractivity contribution in [3.63, 3.8) is 0 Å². The number of nitrogens with zero attached hydrogens (tertiary/aromatic N) is 1. The van der Waals surface area contributed by atoms with Crippen molar-refractivity contribution in [2.45, 2.75) is 6.92 Å². The predicted molar refractivity (Wildman–Crippen MR) is 105 cm³/mol. The van der Waals surface area contributed by atoms with Crippen LogP contribution in [0.2, 0.25) is 0 Å². The Morgan fingerprint density at radius 1 is 0.560 bits per heavy atom. The van der Waals surface area contributed by atoms with Crippen molar-refractivity contribution in [3.05, 3.63) is 103 Å². The zero-order valence-corrected chi connectivity index (χ0v) is 14.2. The smallest absolute Gasteiger partial charge is 0.0702 e. The first-order chi connectivity index (χ1) is 12.3. The van der Waals surface area contributed by atoms with Crippen molar-refractivity contribution in [1.82, 2.24) is 4.98 Å². The van der Waals surface area contributed by atoms with Crippen LogP contribution in [0.4, 0.5) is 0 Å². The van der Waals surface area contributed by atoms with E-state index in [1.54, 1.807) is 0 Å². The van der Waals surface area contributed by atoms with Crippen LogP contribution in [0.1, 0.15) is 5.56 Å². The van der Waals surface area contributed by atoms with Gasteiger partial charge in [0.05, 0.1) is 5.69 Å². The van der Waals surface area contributed by atoms with Gasteiger partial charge < -0.3 is 0 Å². The summed E-state index contributed by atoms with van der Waals surface area (Å²) in [6, 6.07) is 31.5. The molecule has 0 saturated carbocycles. The van der Waals surface area contributed by atoms with Gasteiger partial charge in [0.25, 0.3) is 0 Å². The van der Waals surface area contributed by atoms with Crippen LogP contribution >= 0.6 is 0 Å². The van der Waals surface area contributed by atoms with Gasteiger partial charge in [0.15, 0.2) is 0 Å². The fourth-order valence-corrected chi connectivity index (χ4v) is 3.23. The van der Waals surface area contributed by atoms with Crippen LogP contribution in [0.25, 0.3) is 33.5 Å². The summed E-state index contributed by atoms with van der Waals surface area (Å²) in [5.41, 5.74) is 8.29. The normalized spacial score (nSPS) is 10.6. The first-order valence-corrected chi connectivity index (χ1v) is 8.50. The van der Waals surface area contributed by atoms with Crippen LogP contribution in [0, 0.1) is 6.92 Å². The molecule has 0 amide bonds. The lowest BCUT2D eigenvalue weighted by atomic mass is 9.91. The molecule has 0 fully saturated rings. The van der Waals surface area contributed by atoms with Gasteiger partial charge in [-0.3, -0.25) is 4.98 Å². The standard InChI is InChI=1S/C24H19N/c1-18-9-8-14-22(24(18)20-12-6-3-7-13-20)21-15-16-23(25-17-21)19-10-4-2-5-11-19/h2-17H,1H3. The van der Waals surface area contributed by atoms with E-state index in [9.17, 15) is 0 Å². The molecule has 0 aliphatic rings. The molecular formula is C24H19N. The Kier molecular flexibility index (Phi) is 4.14. The van der Waals surface area contributed by atoms with Crippen LogP contribution in [0.15, 0.2) is 97.2 Å². The molecule has 0 N–H and O–H groups in total. The molecular weight excluding hydrogens is 302 g/mol. The average molecular weight is 321 g/mol. The third-order valence-electron chi connectivity index (χ3n) is 4.48. The predicted octanol–water partition coefficient (Wildman–Crippen LogP) is 6.39. The largest absolute Gasteiger partial charge is 0.256 e. The van der Waals surface area contributed by atoms with Gasteiger partial charge in [0, 0.05) is 17.3 Å². The van der Waals surface area contributed by atoms with Crippen LogP contribution in [-0.2, 0) is 0 Å². The Morgan fingerprint density at radius 2 is 1.24 bits per heavy atom. The minimum atomic E-state index is 0.998. The first-order valence-electron chi connectivity index (χ1n) is 8.50. The van der Waals surface area contributed by atoms with E-state index in [0.717, 1.165) is 16.8 Å². The molecule has 0 atom stereocenters. The van der Waals surface area contributed by atoms with E-state index < -0.39 is 0 Å². The van der Waals surface area contributed by atoms with E-state index in [1.807, 2.05) is 24.4 Å². The fourth-order valence-electron chi connectivity index (χ4n) is 3.23. The fraction of sp³-hybridized carbons (Fsp3) is 0.0417. The molecule has 1 nitrogen and oxygen atoms in total. The second-order valence-electron chi connectivity index (χ2n) is 6.16. The average Bonchev–Trinajstić information content (AvgIpc) is 2.69. The van der Waals surface area contributed by atoms with Crippen molar-refractivity contribution in [3.8, 4) is 33.5 Å². The minimum Gasteiger partial charge on any atom is -0.256 e. The third-order valence-corrected chi connectivity index (χ3v) is 4.48. The van der Waals surface area contributed by atoms with Crippen LogP contribution in [0.3, 0.4) is 0 Å². The molecule has 0 bridgehead atoms. The lowest BCUT2D eigenvalue weighted by Gasteiger charge is -2.13. The molecule has 0 aliphatic carbocycles. The molecule has 4 rings (SSSR count). The van der Waals surface area contributed by atoms with E-state index in [-0.39, 0.29) is 0 Å². The van der Waals surface area contributed by atoms with E-state index in [0.29, 0.717) is 0 Å². The van der Waals surface area contributed by atoms with Crippen LogP contribution < -0.4 is 0 Å². The third kappa shape index (κ3) is 3.09. The molecule has 0 spiro atoms. The van der Waals surface area contributed by atoms with Gasteiger partial charge in [-0.25, -0.2) is 0 Å². The monoisotopic (exact) mass is 321 g/mol. The highest BCUT2D eigenvalue weighted by Gasteiger charge is 2.10. The highest BCUT2D eigenvalue weighted by Crippen LogP contribution is 2.34. The maximum Gasteiger partial charge on any atom is 0.0702 e. The van der Waals surface area contributed by atoms with Crippen molar-refractivity contribution in [1.29, 1.82) is 0 Å². The van der Waals surface area contributed by atoms with Gasteiger partial charge in [-0.2, -0.15) is 0 Å². The molecule has 0 radical (unpaired) electrons. The van der Waals surface area contributed by atoms with E-state index in [1.165, 1.54) is 22.3 Å². The zero-order chi connectivity index (χ0) is 17.1. The summed E-state index contributed by atoms with van der Waals surface area (Å²) in [4.78, 5) is 4.69. The maximum absolute atomic E-state index is 4.69. The quantitative estimate of drug-likeness (QED) is 0.426. The second-order valence-corrected chi connectivity index (χ2v) is 6.16. The Morgan fingerprint density at radius 3 is 1.88 bits per heavy atom. The van der Waals surface area contributed by atoms with E-state index in [2.05, 4.69) is 84.7 Å². The maximum atomic E-state index is 4.69. The molecule has 3 aromatic carbocycles. The van der Waals surface area contributed by atoms with Crippen molar-refractivity contribution >= 4 is 0 Å². The molecule has 0 aliphatic heterocycles. The summed E-state index contributed by atoms with van der Waals surface area (Å²) in [6.07, 6.45) is 1.98. The summed E-state index contributed by atoms with van der Waals surface area (Å²) in [6.45, 7) is 2.16. The van der Waals surface area contributed by atoms with Gasteiger partial charge >= 0.3 is 0 Å². The van der Waals surface area contributed by atoms with Gasteiger partial charge in [-0.15, -0.1) is 0 Å². The summed E-state index contributed by atoms with van der Waals surface area (Å²) >= 11 is 0. The van der Waals surface area contributed by atoms with Crippen LogP contribution in [-0.4, -0.2) is 4.98 Å². The number of pyridine rings is 1. The SMILES string of the molecule is Cc1cccc(-c2ccc(-c3ccccc3)nc2)c1-c1ccccc1. The van der Waals surface area contributed by atoms with Crippen LogP contribution in [0.5, 0.6) is 0 Å². The number of hydrogen-bond acceptors (Lipinski definition) is 1. The summed E-state index contributed by atoms with van der Waals surface area (Å²) in [5, 5.41) is 0. The molecule has 1 heterocycles. The van der Waals surface area contributed by atoms with Gasteiger partial charge in [0.2, 0.25) is 0 Å². The Bertz CT molecular complexity index is 971. The number of aryl methyl sites for hydroxylation is 1. The highest BCUT2D eigenvalue weighted by atomic mass is 14.7. The molecule has 0 saturated heterocycles. The lowest BCUT2D eigenvalue weighted by Crippen LogP contribution is -1.90. The number of hydrogen-bond donors (Lipinski definition) is 0. The van der Waals surface area contributed by atoms with Gasteiger partial charge in [-0.05, 0) is 35.2 Å². The number of rotatable bonds is 3. The lowest BCUT2D eigenvalue weighted by molar-refractivity contribution is 1.32. The van der Waals surface area contributed by atoms with Crippen molar-refractivity contribution in [2.24, 2.45) is 0 Å². The molecule has 120 valence electrons.